The molecule has 0 saturated carbocycles. The molecule has 14 heteroatoms. The normalized spacial score (nSPS) is 19.0. The van der Waals surface area contributed by atoms with Crippen LogP contribution in [0.25, 0.3) is 0 Å². The Morgan fingerprint density at radius 1 is 0.882 bits per heavy atom. The molecule has 4 aromatic rings. The van der Waals surface area contributed by atoms with Crippen LogP contribution in [0.1, 0.15) is 46.4 Å². The van der Waals surface area contributed by atoms with Gasteiger partial charge < -0.3 is 29.9 Å². The molecular formula is C37H42N6O7S. The molecule has 0 unspecified atom stereocenters. The van der Waals surface area contributed by atoms with Crippen LogP contribution in [0, 0.1) is 0 Å². The van der Waals surface area contributed by atoms with Crippen LogP contribution < -0.4 is 16.0 Å². The van der Waals surface area contributed by atoms with E-state index in [-0.39, 0.29) is 37.3 Å². The van der Waals surface area contributed by atoms with Gasteiger partial charge in [0.15, 0.2) is 17.2 Å². The van der Waals surface area contributed by atoms with Gasteiger partial charge in [0.1, 0.15) is 17.7 Å². The first-order chi connectivity index (χ1) is 24.8. The van der Waals surface area contributed by atoms with Gasteiger partial charge in [-0.3, -0.25) is 24.1 Å². The molecule has 2 aromatic carbocycles. The van der Waals surface area contributed by atoms with Crippen LogP contribution in [-0.2, 0) is 49.7 Å². The van der Waals surface area contributed by atoms with Crippen molar-refractivity contribution in [1.82, 2.24) is 31.0 Å². The number of ether oxygens (including phenoxy) is 2. The number of aromatic nitrogens is 2. The Bertz CT molecular complexity index is 1760. The molecule has 51 heavy (non-hydrogen) atoms. The Morgan fingerprint density at radius 3 is 2.22 bits per heavy atom. The molecule has 0 aliphatic carbocycles. The fourth-order valence-electron chi connectivity index (χ4n) is 5.91. The summed E-state index contributed by atoms with van der Waals surface area (Å²) < 4.78 is 16.3. The van der Waals surface area contributed by atoms with Crippen LogP contribution in [0.4, 0.5) is 0 Å². The van der Waals surface area contributed by atoms with Gasteiger partial charge in [0.25, 0.3) is 5.91 Å². The summed E-state index contributed by atoms with van der Waals surface area (Å²) in [5.74, 6) is -1.40. The summed E-state index contributed by atoms with van der Waals surface area (Å²) in [7, 11) is 0. The van der Waals surface area contributed by atoms with E-state index in [2.05, 4.69) is 31.0 Å². The monoisotopic (exact) mass is 714 g/mol. The topological polar surface area (TPSA) is 168 Å². The predicted octanol–water partition coefficient (Wildman–Crippen LogP) is 2.51. The summed E-state index contributed by atoms with van der Waals surface area (Å²) in [4.78, 5) is 61.5. The average molecular weight is 715 g/mol. The van der Waals surface area contributed by atoms with Crippen molar-refractivity contribution in [2.45, 2.75) is 62.9 Å². The number of benzene rings is 2. The van der Waals surface area contributed by atoms with E-state index in [0.29, 0.717) is 37.6 Å². The second-order valence-electron chi connectivity index (χ2n) is 13.0. The smallest absolute Gasteiger partial charge is 0.274 e. The first-order valence-electron chi connectivity index (χ1n) is 17.1. The first kappa shape index (κ1) is 36.0. The van der Waals surface area contributed by atoms with Crippen molar-refractivity contribution in [3.05, 3.63) is 106 Å². The lowest BCUT2D eigenvalue weighted by atomic mass is 9.94. The Morgan fingerprint density at radius 2 is 1.55 bits per heavy atom. The molecule has 2 saturated heterocycles. The zero-order chi connectivity index (χ0) is 35.6. The maximum absolute atomic E-state index is 14.0. The molecule has 268 valence electrons. The minimum Gasteiger partial charge on any atom is -0.379 e. The SMILES string of the molecule is C[C@]1(C(=O)[C@H](Cc2ccccc2)NC(=O)[C@H](Cc2cscn2)NC(=O)[C@H](CCc2ccccc2)NC(=O)c2cc(CN3CCOCC3)on2)CO1. The summed E-state index contributed by atoms with van der Waals surface area (Å²) in [6, 6.07) is 17.5. The van der Waals surface area contributed by atoms with Crippen molar-refractivity contribution in [1.29, 1.82) is 0 Å². The van der Waals surface area contributed by atoms with Gasteiger partial charge in [0, 0.05) is 31.0 Å². The zero-order valence-corrected chi connectivity index (χ0v) is 29.2. The molecule has 3 N–H and O–H groups in total. The van der Waals surface area contributed by atoms with Crippen molar-refractivity contribution < 1.29 is 33.2 Å². The summed E-state index contributed by atoms with van der Waals surface area (Å²) in [6.07, 6.45) is 1.06. The van der Waals surface area contributed by atoms with Crippen LogP contribution in [-0.4, -0.2) is 95.2 Å². The van der Waals surface area contributed by atoms with Crippen molar-refractivity contribution in [2.24, 2.45) is 0 Å². The number of aryl methyl sites for hydroxylation is 1. The number of nitrogens with one attached hydrogen (secondary N) is 3. The molecule has 4 heterocycles. The van der Waals surface area contributed by atoms with Crippen LogP contribution in [0.3, 0.4) is 0 Å². The van der Waals surface area contributed by atoms with E-state index in [0.717, 1.165) is 24.2 Å². The minimum absolute atomic E-state index is 0.0468. The molecule has 2 aromatic heterocycles. The van der Waals surface area contributed by atoms with E-state index >= 15 is 0 Å². The number of carbonyl (C=O) groups excluding carboxylic acids is 4. The fourth-order valence-corrected chi connectivity index (χ4v) is 6.48. The second kappa shape index (κ2) is 17.0. The molecule has 13 nitrogen and oxygen atoms in total. The van der Waals surface area contributed by atoms with Gasteiger partial charge in [-0.15, -0.1) is 11.3 Å². The highest BCUT2D eigenvalue weighted by molar-refractivity contribution is 7.07. The largest absolute Gasteiger partial charge is 0.379 e. The van der Waals surface area contributed by atoms with Crippen LogP contribution in [0.15, 0.2) is 82.1 Å². The van der Waals surface area contributed by atoms with Crippen molar-refractivity contribution in [3.63, 3.8) is 0 Å². The zero-order valence-electron chi connectivity index (χ0n) is 28.4. The molecule has 4 atom stereocenters. The highest BCUT2D eigenvalue weighted by Crippen LogP contribution is 2.29. The molecule has 2 aliphatic rings. The lowest BCUT2D eigenvalue weighted by Gasteiger charge is -2.26. The first-order valence-corrected chi connectivity index (χ1v) is 18.0. The Hall–Kier alpha value is -4.76. The van der Waals surface area contributed by atoms with Crippen LogP contribution >= 0.6 is 11.3 Å². The summed E-state index contributed by atoms with van der Waals surface area (Å²) in [5, 5.41) is 14.4. The molecule has 3 amide bonds. The summed E-state index contributed by atoms with van der Waals surface area (Å²) in [5.41, 5.74) is 3.16. The number of hydrogen-bond donors (Lipinski definition) is 3. The average Bonchev–Trinajstić information content (AvgIpc) is 3.47. The number of epoxide rings is 1. The molecule has 2 aliphatic heterocycles. The number of carbonyl (C=O) groups is 4. The fraction of sp³-hybridized carbons (Fsp3) is 0.405. The Labute approximate surface area is 300 Å². The highest BCUT2D eigenvalue weighted by Gasteiger charge is 2.50. The second-order valence-corrected chi connectivity index (χ2v) is 13.7. The summed E-state index contributed by atoms with van der Waals surface area (Å²) >= 11 is 1.37. The minimum atomic E-state index is -1.10. The van der Waals surface area contributed by atoms with E-state index in [1.165, 1.54) is 11.3 Å². The standard InChI is InChI=1S/C37H42N6O7S/c1-37(23-49-37)33(44)30(18-26-10-6-3-7-11-26)40-35(46)31(19-27-22-51-24-38-27)41-34(45)29(13-12-25-8-4-2-5-9-25)39-36(47)32-20-28(50-42-32)21-43-14-16-48-17-15-43/h2-11,20,22,24,29-31H,12-19,21,23H2,1H3,(H,39,47)(H,40,46)(H,41,45)/t29-,30-,31-,37+/m0/s1. The number of morpholine rings is 1. The third-order valence-electron chi connectivity index (χ3n) is 9.00. The van der Waals surface area contributed by atoms with Gasteiger partial charge in [0.05, 0.1) is 43.6 Å². The van der Waals surface area contributed by atoms with Crippen LogP contribution in [0.5, 0.6) is 0 Å². The third kappa shape index (κ3) is 10.2. The summed E-state index contributed by atoms with van der Waals surface area (Å²) in [6.45, 7) is 5.19. The predicted molar refractivity (Wildman–Crippen MR) is 188 cm³/mol. The lowest BCUT2D eigenvalue weighted by Crippen LogP contribution is -2.57. The van der Waals surface area contributed by atoms with E-state index in [4.69, 9.17) is 14.0 Å². The Kier molecular flexibility index (Phi) is 12.0. The van der Waals surface area contributed by atoms with Gasteiger partial charge in [-0.1, -0.05) is 65.8 Å². The van der Waals surface area contributed by atoms with Gasteiger partial charge in [0.2, 0.25) is 11.8 Å². The van der Waals surface area contributed by atoms with Crippen LogP contribution in [0.2, 0.25) is 0 Å². The number of amides is 3. The van der Waals surface area contributed by atoms with E-state index < -0.39 is 41.4 Å². The van der Waals surface area contributed by atoms with E-state index in [9.17, 15) is 19.2 Å². The lowest BCUT2D eigenvalue weighted by molar-refractivity contribution is -0.133. The molecular weight excluding hydrogens is 673 g/mol. The molecule has 2 fully saturated rings. The van der Waals surface area contributed by atoms with Crippen molar-refractivity contribution in [2.75, 3.05) is 32.9 Å². The molecule has 0 bridgehead atoms. The highest BCUT2D eigenvalue weighted by atomic mass is 32.1. The number of ketones is 1. The van der Waals surface area contributed by atoms with Crippen molar-refractivity contribution >= 4 is 34.8 Å². The number of rotatable bonds is 17. The number of thiazole rings is 1. The maximum atomic E-state index is 14.0. The maximum Gasteiger partial charge on any atom is 0.274 e. The quantitative estimate of drug-likeness (QED) is 0.138. The van der Waals surface area contributed by atoms with E-state index in [1.807, 2.05) is 60.7 Å². The van der Waals surface area contributed by atoms with Gasteiger partial charge in [-0.05, 0) is 37.3 Å². The third-order valence-corrected chi connectivity index (χ3v) is 9.64. The van der Waals surface area contributed by atoms with Crippen molar-refractivity contribution in [3.8, 4) is 0 Å². The number of Topliss-reactive ketones (excluding diaryl/α,β-unsaturated/α-hetero) is 1. The molecule has 6 rings (SSSR count). The van der Waals surface area contributed by atoms with Gasteiger partial charge in [-0.2, -0.15) is 0 Å². The number of nitrogens with zero attached hydrogens (tertiary/aromatic N) is 3. The molecule has 0 radical (unpaired) electrons. The van der Waals surface area contributed by atoms with E-state index in [1.54, 1.807) is 23.9 Å². The Balaban J connectivity index is 1.18. The van der Waals surface area contributed by atoms with Gasteiger partial charge in [-0.25, -0.2) is 4.98 Å². The number of hydrogen-bond acceptors (Lipinski definition) is 11. The molecule has 0 spiro atoms. The van der Waals surface area contributed by atoms with Gasteiger partial charge >= 0.3 is 0 Å².